The van der Waals surface area contributed by atoms with Gasteiger partial charge in [0.1, 0.15) is 0 Å². The third-order valence-electron chi connectivity index (χ3n) is 6.26. The van der Waals surface area contributed by atoms with Crippen LogP contribution in [-0.4, -0.2) is 19.1 Å². The fraction of sp³-hybridized carbons (Fsp3) is 0.786. The van der Waals surface area contributed by atoms with Crippen molar-refractivity contribution in [3.05, 3.63) is 34.9 Å². The van der Waals surface area contributed by atoms with Crippen molar-refractivity contribution in [1.29, 1.82) is 0 Å². The number of rotatable bonds is 19. The number of nitrogens with one attached hydrogen (secondary N) is 1. The predicted molar refractivity (Wildman–Crippen MR) is 135 cm³/mol. The fourth-order valence-electron chi connectivity index (χ4n) is 4.39. The van der Waals surface area contributed by atoms with E-state index in [0.717, 1.165) is 12.5 Å². The van der Waals surface area contributed by atoms with Crippen molar-refractivity contribution in [2.24, 2.45) is 5.92 Å². The van der Waals surface area contributed by atoms with Crippen LogP contribution < -0.4 is 5.43 Å². The second-order valence-electron chi connectivity index (χ2n) is 9.88. The lowest BCUT2D eigenvalue weighted by Crippen LogP contribution is -2.29. The fourth-order valence-corrected chi connectivity index (χ4v) is 4.39. The van der Waals surface area contributed by atoms with E-state index >= 15 is 0 Å². The molecule has 1 aromatic carbocycles. The summed E-state index contributed by atoms with van der Waals surface area (Å²) in [5.74, 6) is 0.949. The molecule has 1 aromatic rings. The van der Waals surface area contributed by atoms with Crippen LogP contribution in [0.1, 0.15) is 120 Å². The van der Waals surface area contributed by atoms with Gasteiger partial charge in [-0.25, -0.2) is 0 Å². The first kappa shape index (κ1) is 27.2. The van der Waals surface area contributed by atoms with Gasteiger partial charge in [-0.05, 0) is 36.8 Å². The average molecular weight is 417 g/mol. The van der Waals surface area contributed by atoms with Gasteiger partial charge in [0.05, 0.1) is 0 Å². The normalized spacial score (nSPS) is 12.6. The lowest BCUT2D eigenvalue weighted by Gasteiger charge is -2.13. The molecule has 174 valence electrons. The summed E-state index contributed by atoms with van der Waals surface area (Å²) in [5, 5.41) is 2.02. The summed E-state index contributed by atoms with van der Waals surface area (Å²) in [6, 6.07) is 7.05. The minimum atomic E-state index is 0.916. The Bertz CT molecular complexity index is 523. The van der Waals surface area contributed by atoms with E-state index < -0.39 is 0 Å². The van der Waals surface area contributed by atoms with Crippen molar-refractivity contribution >= 4 is 0 Å². The summed E-state index contributed by atoms with van der Waals surface area (Å²) < 4.78 is 0. The molecule has 0 radical (unpaired) electrons. The van der Waals surface area contributed by atoms with Gasteiger partial charge in [-0.15, -0.1) is 0 Å². The first-order valence-corrected chi connectivity index (χ1v) is 13.0. The Morgan fingerprint density at radius 1 is 0.733 bits per heavy atom. The lowest BCUT2D eigenvalue weighted by molar-refractivity contribution is 0.286. The van der Waals surface area contributed by atoms with Gasteiger partial charge in [0, 0.05) is 20.6 Å². The number of hydrogen-bond acceptors (Lipinski definition) is 2. The van der Waals surface area contributed by atoms with Crippen molar-refractivity contribution in [3.63, 3.8) is 0 Å². The van der Waals surface area contributed by atoms with Crippen molar-refractivity contribution in [3.8, 4) is 0 Å². The van der Waals surface area contributed by atoms with Crippen LogP contribution in [0.3, 0.4) is 0 Å². The smallest absolute Gasteiger partial charge is 0.0353 e. The van der Waals surface area contributed by atoms with Gasteiger partial charge in [-0.2, -0.15) is 0 Å². The largest absolute Gasteiger partial charge is 0.251 e. The molecule has 1 rings (SSSR count). The molecule has 30 heavy (non-hydrogen) atoms. The van der Waals surface area contributed by atoms with Crippen LogP contribution in [-0.2, 0) is 13.0 Å². The highest BCUT2D eigenvalue weighted by atomic mass is 15.5. The van der Waals surface area contributed by atoms with Crippen LogP contribution in [0.4, 0.5) is 0 Å². The standard InChI is InChI=1S/C28H52N2/c1-6-7-15-18-25(2)19-16-13-11-9-8-10-12-14-17-20-27-21-26(3)22-28(23-27)24-29-30(4)5/h21-23,25,29H,6-20,24H2,1-5H3. The summed E-state index contributed by atoms with van der Waals surface area (Å²) in [7, 11) is 4.10. The molecule has 0 amide bonds. The first-order valence-electron chi connectivity index (χ1n) is 13.0. The Kier molecular flexibility index (Phi) is 16.1. The van der Waals surface area contributed by atoms with E-state index in [1.165, 1.54) is 113 Å². The number of unbranched alkanes of at least 4 members (excludes halogenated alkanes) is 10. The van der Waals surface area contributed by atoms with Gasteiger partial charge < -0.3 is 0 Å². The zero-order valence-corrected chi connectivity index (χ0v) is 21.1. The molecule has 0 fully saturated rings. The molecular weight excluding hydrogens is 364 g/mol. The monoisotopic (exact) mass is 416 g/mol. The van der Waals surface area contributed by atoms with E-state index in [2.05, 4.69) is 44.4 Å². The van der Waals surface area contributed by atoms with Gasteiger partial charge in [-0.1, -0.05) is 121 Å². The Hall–Kier alpha value is -0.860. The van der Waals surface area contributed by atoms with Crippen LogP contribution >= 0.6 is 0 Å². The number of benzene rings is 1. The first-order chi connectivity index (χ1) is 14.5. The second-order valence-corrected chi connectivity index (χ2v) is 9.88. The molecule has 0 aliphatic carbocycles. The Labute approximate surface area is 189 Å². The molecule has 1 atom stereocenters. The van der Waals surface area contributed by atoms with E-state index in [-0.39, 0.29) is 0 Å². The number of hydrazine groups is 1. The Morgan fingerprint density at radius 2 is 1.27 bits per heavy atom. The molecule has 1 N–H and O–H groups in total. The summed E-state index contributed by atoms with van der Waals surface area (Å²) in [6.45, 7) is 7.89. The van der Waals surface area contributed by atoms with Gasteiger partial charge in [0.25, 0.3) is 0 Å². The number of nitrogens with zero attached hydrogens (tertiary/aromatic N) is 1. The molecule has 0 heterocycles. The maximum absolute atomic E-state index is 3.37. The van der Waals surface area contributed by atoms with E-state index in [1.54, 1.807) is 0 Å². The van der Waals surface area contributed by atoms with E-state index in [4.69, 9.17) is 0 Å². The quantitative estimate of drug-likeness (QED) is 0.180. The van der Waals surface area contributed by atoms with Gasteiger partial charge in [0.2, 0.25) is 0 Å². The molecular formula is C28H52N2. The molecule has 0 bridgehead atoms. The predicted octanol–water partition coefficient (Wildman–Crippen LogP) is 8.22. The Balaban J connectivity index is 1.98. The zero-order chi connectivity index (χ0) is 22.0. The Morgan fingerprint density at radius 3 is 1.87 bits per heavy atom. The van der Waals surface area contributed by atoms with Crippen molar-refractivity contribution < 1.29 is 0 Å². The van der Waals surface area contributed by atoms with Crippen LogP contribution in [0.5, 0.6) is 0 Å². The molecule has 0 aromatic heterocycles. The average Bonchev–Trinajstić information content (AvgIpc) is 2.70. The van der Waals surface area contributed by atoms with Crippen molar-refractivity contribution in [2.45, 2.75) is 124 Å². The maximum Gasteiger partial charge on any atom is 0.0353 e. The van der Waals surface area contributed by atoms with E-state index in [0.29, 0.717) is 0 Å². The van der Waals surface area contributed by atoms with Crippen LogP contribution in [0, 0.1) is 12.8 Å². The van der Waals surface area contributed by atoms with Crippen molar-refractivity contribution in [1.82, 2.24) is 10.4 Å². The SMILES string of the molecule is CCCCCC(C)CCCCCCCCCCCc1cc(C)cc(CNN(C)C)c1. The molecule has 0 aliphatic heterocycles. The molecule has 2 heteroatoms. The summed E-state index contributed by atoms with van der Waals surface area (Å²) >= 11 is 0. The highest BCUT2D eigenvalue weighted by Gasteiger charge is 2.02. The van der Waals surface area contributed by atoms with Gasteiger partial charge in [0.15, 0.2) is 0 Å². The van der Waals surface area contributed by atoms with Crippen LogP contribution in [0.2, 0.25) is 0 Å². The minimum Gasteiger partial charge on any atom is -0.251 e. The molecule has 2 nitrogen and oxygen atoms in total. The highest BCUT2D eigenvalue weighted by molar-refractivity contribution is 5.29. The minimum absolute atomic E-state index is 0.916. The molecule has 0 saturated heterocycles. The summed E-state index contributed by atoms with van der Waals surface area (Å²) in [4.78, 5) is 0. The third-order valence-corrected chi connectivity index (χ3v) is 6.26. The number of hydrogen-bond donors (Lipinski definition) is 1. The molecule has 1 unspecified atom stereocenters. The maximum atomic E-state index is 3.37. The lowest BCUT2D eigenvalue weighted by atomic mass is 9.96. The molecule has 0 saturated carbocycles. The van der Waals surface area contributed by atoms with E-state index in [9.17, 15) is 0 Å². The molecule has 0 aliphatic rings. The topological polar surface area (TPSA) is 15.3 Å². The second kappa shape index (κ2) is 17.8. The van der Waals surface area contributed by atoms with Crippen molar-refractivity contribution in [2.75, 3.05) is 14.1 Å². The summed E-state index contributed by atoms with van der Waals surface area (Å²) in [5.41, 5.74) is 7.67. The van der Waals surface area contributed by atoms with Gasteiger partial charge in [-0.3, -0.25) is 10.4 Å². The molecule has 0 spiro atoms. The van der Waals surface area contributed by atoms with Crippen LogP contribution in [0.15, 0.2) is 18.2 Å². The van der Waals surface area contributed by atoms with Gasteiger partial charge >= 0.3 is 0 Å². The van der Waals surface area contributed by atoms with Crippen LogP contribution in [0.25, 0.3) is 0 Å². The zero-order valence-electron chi connectivity index (χ0n) is 21.1. The third kappa shape index (κ3) is 15.0. The summed E-state index contributed by atoms with van der Waals surface area (Å²) in [6.07, 6.45) is 21.2. The highest BCUT2D eigenvalue weighted by Crippen LogP contribution is 2.18. The van der Waals surface area contributed by atoms with E-state index in [1.807, 2.05) is 19.1 Å². The number of aryl methyl sites for hydroxylation is 2.